The number of aryl methyl sites for hydroxylation is 2. The highest BCUT2D eigenvalue weighted by molar-refractivity contribution is 9.09. The number of aldehydes is 1. The molecule has 3 atom stereocenters. The first-order chi connectivity index (χ1) is 33.3. The Bertz CT molecular complexity index is 1500. The largest absolute Gasteiger partial charge is 0.488 e. The molecule has 0 spiro atoms. The summed E-state index contributed by atoms with van der Waals surface area (Å²) in [5, 5.41) is 46.5. The molecule has 0 amide bonds. The van der Waals surface area contributed by atoms with Gasteiger partial charge in [-0.25, -0.2) is 0 Å². The summed E-state index contributed by atoms with van der Waals surface area (Å²) in [6.07, 6.45) is 1.88. The molecule has 0 unspecified atom stereocenters. The maximum Gasteiger partial charge on any atom is 0.488 e. The molecule has 0 aromatic heterocycles. The molecule has 72 heavy (non-hydrogen) atoms. The monoisotopic (exact) mass is 1240 g/mol. The molecule has 0 aliphatic carbocycles. The van der Waals surface area contributed by atoms with Crippen LogP contribution in [0.15, 0.2) is 72.8 Å². The number of ether oxygens (including phenoxy) is 1. The summed E-state index contributed by atoms with van der Waals surface area (Å²) in [7, 11) is 7.71. The van der Waals surface area contributed by atoms with E-state index in [1.807, 2.05) is 108 Å². The Labute approximate surface area is 471 Å². The van der Waals surface area contributed by atoms with Crippen LogP contribution in [0.4, 0.5) is 0 Å². The van der Waals surface area contributed by atoms with Crippen LogP contribution >= 0.6 is 47.8 Å². The Balaban J connectivity index is -0.0000000406. The molecular formula is C51H114BBr3N8O9. The molecule has 3 rings (SSSR count). The molecule has 0 aliphatic rings. The van der Waals surface area contributed by atoms with Crippen molar-refractivity contribution in [1.29, 1.82) is 0 Å². The van der Waals surface area contributed by atoms with Gasteiger partial charge in [-0.15, -0.1) is 0 Å². The lowest BCUT2D eigenvalue weighted by Crippen LogP contribution is -2.34. The standard InChI is InChI=1S/C12H17NO2.C10H13NO2.C9H12BNO4.4C3H9N.C2H4O.3CH3Br.CH5N.2CH4.5H2/c1-3-15-12(14)11(13)8-10-6-4-9(2)5-7-10;1-7-2-4-8(5-3-7)6-9(11)10(12)13;11-8(9(12)13)5-6-1-3-7(4-2-6)10(14)15;4*1-3-4-2;1-2-3;4*1-2;;;;;;;/h4-7,11H,3,8,13H2,1-2H3;2-5,9H,6,11H2,1H3,(H,12,13);1-4,8,14-15H,5,11H2,(H,12,13);4*4H,3H2,1-2H3;2H,1H3;3*1H3;2H2,1H3;2*1H4;5*1H/t11-;9-;8-;;;;;;;;;;;;;;;;/m000................/s1/i;;;;;;;;;;;;;;5*1+1. The maximum absolute atomic E-state index is 11.3. The van der Waals surface area contributed by atoms with Gasteiger partial charge in [-0.3, -0.25) is 14.4 Å². The number of carboxylic acid groups (broad SMARTS) is 2. The van der Waals surface area contributed by atoms with Crippen LogP contribution in [0.2, 0.25) is 0 Å². The lowest BCUT2D eigenvalue weighted by Gasteiger charge is -2.10. The Morgan fingerprint density at radius 3 is 0.958 bits per heavy atom. The Kier molecular flexibility index (Phi) is 104. The number of nitrogens with two attached hydrogens (primary N) is 4. The van der Waals surface area contributed by atoms with Crippen molar-refractivity contribution in [3.05, 3.63) is 101 Å². The average molecular weight is 1240 g/mol. The molecule has 0 radical (unpaired) electrons. The van der Waals surface area contributed by atoms with Crippen molar-refractivity contribution in [2.75, 3.05) is 85.5 Å². The van der Waals surface area contributed by atoms with Crippen molar-refractivity contribution in [2.45, 2.75) is 108 Å². The minimum atomic E-state index is -1.51. The molecule has 3 aromatic carbocycles. The molecule has 21 heteroatoms. The van der Waals surface area contributed by atoms with E-state index in [1.165, 1.54) is 31.7 Å². The van der Waals surface area contributed by atoms with Crippen molar-refractivity contribution in [3.63, 3.8) is 0 Å². The van der Waals surface area contributed by atoms with E-state index in [-0.39, 0.29) is 34.4 Å². The molecule has 0 bridgehead atoms. The molecular weight excluding hydrogens is 1120 g/mol. The minimum Gasteiger partial charge on any atom is -0.480 e. The molecule has 17 nitrogen and oxygen atoms in total. The lowest BCUT2D eigenvalue weighted by molar-refractivity contribution is -0.144. The van der Waals surface area contributed by atoms with E-state index in [9.17, 15) is 14.4 Å². The second-order valence-electron chi connectivity index (χ2n) is 13.0. The topological polar surface area (TPSA) is 311 Å². The van der Waals surface area contributed by atoms with Gasteiger partial charge in [-0.2, -0.15) is 0 Å². The SMILES string of the molecule is C.C.CBr.CBr.CBr.CC=O.CCNC.CCNC.CCNC.CCNC.CCOC(=O)[C@@H](N)Cc1ccc(C)cc1.CN.Cc1ccc(C[C@H](N)C(=O)O)cc1.N[C@@H](Cc1ccc(B(O)O)cc1)C(=O)O.[2HH].[2HH].[2HH].[2HH].[2HH]. The smallest absolute Gasteiger partial charge is 0.480 e. The zero-order valence-electron chi connectivity index (χ0n) is 45.2. The van der Waals surface area contributed by atoms with Crippen LogP contribution < -0.4 is 49.7 Å². The number of alkyl halides is 3. The van der Waals surface area contributed by atoms with Crippen LogP contribution in [0, 0.1) is 13.8 Å². The summed E-state index contributed by atoms with van der Waals surface area (Å²) in [4.78, 5) is 41.0. The van der Waals surface area contributed by atoms with Crippen LogP contribution in [0.1, 0.15) is 91.3 Å². The van der Waals surface area contributed by atoms with Gasteiger partial charge in [0.15, 0.2) is 0 Å². The predicted octanol–water partition coefficient (Wildman–Crippen LogP) is 6.92. The molecule has 0 fully saturated rings. The molecule has 3 aromatic rings. The Morgan fingerprint density at radius 1 is 0.569 bits per heavy atom. The fourth-order valence-electron chi connectivity index (χ4n) is 3.54. The second kappa shape index (κ2) is 79.3. The van der Waals surface area contributed by atoms with E-state index in [0.29, 0.717) is 24.9 Å². The highest BCUT2D eigenvalue weighted by Crippen LogP contribution is 2.07. The molecule has 0 aliphatic heterocycles. The third-order valence-corrected chi connectivity index (χ3v) is 7.52. The first-order valence-corrected chi connectivity index (χ1v) is 27.2. The van der Waals surface area contributed by atoms with Gasteiger partial charge in [0.25, 0.3) is 0 Å². The van der Waals surface area contributed by atoms with Crippen LogP contribution in [0.3, 0.4) is 0 Å². The molecule has 0 saturated heterocycles. The van der Waals surface area contributed by atoms with Crippen molar-refractivity contribution >= 4 is 84.6 Å². The summed E-state index contributed by atoms with van der Waals surface area (Å²) in [6.45, 7) is 20.2. The fourth-order valence-corrected chi connectivity index (χ4v) is 3.54. The van der Waals surface area contributed by atoms with E-state index < -0.39 is 37.2 Å². The number of carbonyl (C=O) groups excluding carboxylic acids is 2. The van der Waals surface area contributed by atoms with Gasteiger partial charge in [0.05, 0.1) is 6.61 Å². The number of hydrogen-bond acceptors (Lipinski definition) is 15. The van der Waals surface area contributed by atoms with Gasteiger partial charge in [0.1, 0.15) is 24.4 Å². The van der Waals surface area contributed by atoms with Gasteiger partial charge in [-0.05, 0) is 148 Å². The number of nitrogens with one attached hydrogen (secondary N) is 4. The van der Waals surface area contributed by atoms with Crippen molar-refractivity contribution < 1.29 is 51.3 Å². The fraction of sp³-hybridized carbons (Fsp3) is 0.569. The van der Waals surface area contributed by atoms with Crippen molar-refractivity contribution in [2.24, 2.45) is 22.9 Å². The minimum absolute atomic E-state index is 0. The second-order valence-corrected chi connectivity index (χ2v) is 13.0. The van der Waals surface area contributed by atoms with Crippen LogP contribution in [-0.2, 0) is 43.2 Å². The zero-order valence-corrected chi connectivity index (χ0v) is 50.0. The van der Waals surface area contributed by atoms with Gasteiger partial charge in [0, 0.05) is 7.13 Å². The van der Waals surface area contributed by atoms with E-state index in [0.717, 1.165) is 54.7 Å². The molecule has 0 heterocycles. The summed E-state index contributed by atoms with van der Waals surface area (Å²) in [6, 6.07) is 19.7. The number of rotatable bonds is 15. The molecule has 16 N–H and O–H groups in total. The van der Waals surface area contributed by atoms with Crippen LogP contribution in [0.5, 0.6) is 0 Å². The van der Waals surface area contributed by atoms with Gasteiger partial charge in [0.2, 0.25) is 0 Å². The van der Waals surface area contributed by atoms with Gasteiger partial charge in [-0.1, -0.05) is 174 Å². The summed E-state index contributed by atoms with van der Waals surface area (Å²) >= 11 is 8.81. The first kappa shape index (κ1) is 94.7. The number of aliphatic carboxylic acids is 2. The van der Waals surface area contributed by atoms with Crippen LogP contribution in [-0.4, -0.2) is 155 Å². The van der Waals surface area contributed by atoms with Gasteiger partial charge < -0.3 is 74.0 Å². The highest BCUT2D eigenvalue weighted by Gasteiger charge is 2.15. The van der Waals surface area contributed by atoms with E-state index in [4.69, 9.17) is 47.0 Å². The predicted molar refractivity (Wildman–Crippen MR) is 334 cm³/mol. The van der Waals surface area contributed by atoms with Crippen LogP contribution in [0.25, 0.3) is 0 Å². The van der Waals surface area contributed by atoms with E-state index >= 15 is 0 Å². The summed E-state index contributed by atoms with van der Waals surface area (Å²) < 4.78 is 4.84. The average Bonchev–Trinajstić information content (AvgIpc) is 3.38. The molecule has 0 saturated carbocycles. The third kappa shape index (κ3) is 75.8. The van der Waals surface area contributed by atoms with Crippen molar-refractivity contribution in [1.82, 2.24) is 21.3 Å². The number of esters is 1. The maximum atomic E-state index is 11.3. The third-order valence-electron chi connectivity index (χ3n) is 7.52. The number of carbonyl (C=O) groups is 4. The van der Waals surface area contributed by atoms with Crippen molar-refractivity contribution in [3.8, 4) is 0 Å². The summed E-state index contributed by atoms with van der Waals surface area (Å²) in [5.41, 5.74) is 26.4. The Hall–Kier alpha value is -3.16. The Morgan fingerprint density at radius 2 is 0.778 bits per heavy atom. The lowest BCUT2D eigenvalue weighted by atomic mass is 9.80. The summed E-state index contributed by atoms with van der Waals surface area (Å²) in [5.74, 6) is 3.09. The number of hydrogen-bond donors (Lipinski definition) is 12. The molecule has 436 valence electrons. The number of benzene rings is 3. The number of carboxylic acids is 2. The van der Waals surface area contributed by atoms with E-state index in [2.05, 4.69) is 102 Å². The van der Waals surface area contributed by atoms with Gasteiger partial charge >= 0.3 is 25.0 Å². The zero-order chi connectivity index (χ0) is 56.9. The normalized spacial score (nSPS) is 9.51. The quantitative estimate of drug-likeness (QED) is 0.0318. The highest BCUT2D eigenvalue weighted by atomic mass is 79.9. The van der Waals surface area contributed by atoms with E-state index in [1.54, 1.807) is 19.1 Å². The first-order valence-electron chi connectivity index (χ1n) is 22.4. The number of halogens is 3.